The zero-order valence-electron chi connectivity index (χ0n) is 20.4. The molecule has 0 N–H and O–H groups in total. The van der Waals surface area contributed by atoms with Crippen molar-refractivity contribution in [1.82, 2.24) is 4.90 Å². The minimum Gasteiger partial charge on any atom is -0.490 e. The molecule has 1 heterocycles. The molecule has 192 valence electrons. The Hall–Kier alpha value is -3.07. The standard InChI is InChI=1S/C30H23Br2NO4S/c1-2-36-26-14-22(15-28-29(34)33(30(35)38-28)17-19-10-12-23(31)13-11-19)25(32)16-27(26)37-18-21-8-5-7-20-6-3-4-9-24(20)21/h3-16H,2,17-18H2,1H3/b28-15-. The predicted molar refractivity (Wildman–Crippen MR) is 159 cm³/mol. The van der Waals surface area contributed by atoms with Crippen molar-refractivity contribution in [3.8, 4) is 11.5 Å². The summed E-state index contributed by atoms with van der Waals surface area (Å²) in [5, 5.41) is 2.01. The molecule has 1 fully saturated rings. The maximum Gasteiger partial charge on any atom is 0.293 e. The number of hydrogen-bond donors (Lipinski definition) is 0. The molecule has 5 rings (SSSR count). The van der Waals surface area contributed by atoms with Crippen LogP contribution in [0.2, 0.25) is 0 Å². The van der Waals surface area contributed by atoms with Gasteiger partial charge in [0.05, 0.1) is 18.1 Å². The molecule has 0 radical (unpaired) electrons. The summed E-state index contributed by atoms with van der Waals surface area (Å²) < 4.78 is 13.8. The summed E-state index contributed by atoms with van der Waals surface area (Å²) in [5.41, 5.74) is 2.68. The minimum absolute atomic E-state index is 0.224. The van der Waals surface area contributed by atoms with Crippen molar-refractivity contribution in [2.75, 3.05) is 6.61 Å². The van der Waals surface area contributed by atoms with Gasteiger partial charge in [-0.25, -0.2) is 0 Å². The molecule has 1 saturated heterocycles. The van der Waals surface area contributed by atoms with Crippen LogP contribution in [0.25, 0.3) is 16.8 Å². The average Bonchev–Trinajstić information content (AvgIpc) is 3.18. The molecule has 0 spiro atoms. The molecule has 4 aromatic carbocycles. The highest BCUT2D eigenvalue weighted by atomic mass is 79.9. The number of benzene rings is 4. The van der Waals surface area contributed by atoms with Crippen LogP contribution in [-0.4, -0.2) is 22.7 Å². The van der Waals surface area contributed by atoms with E-state index in [2.05, 4.69) is 56.1 Å². The van der Waals surface area contributed by atoms with Crippen molar-refractivity contribution in [2.45, 2.75) is 20.1 Å². The highest BCUT2D eigenvalue weighted by molar-refractivity contribution is 9.10. The largest absolute Gasteiger partial charge is 0.490 e. The van der Waals surface area contributed by atoms with Gasteiger partial charge in [0.2, 0.25) is 0 Å². The van der Waals surface area contributed by atoms with Gasteiger partial charge in [0, 0.05) is 8.95 Å². The number of thioether (sulfide) groups is 1. The summed E-state index contributed by atoms with van der Waals surface area (Å²) in [7, 11) is 0. The maximum absolute atomic E-state index is 13.1. The number of halogens is 2. The summed E-state index contributed by atoms with van der Waals surface area (Å²) >= 11 is 7.95. The molecule has 0 unspecified atom stereocenters. The molecule has 1 aliphatic rings. The fourth-order valence-electron chi connectivity index (χ4n) is 4.17. The van der Waals surface area contributed by atoms with E-state index < -0.39 is 0 Å². The summed E-state index contributed by atoms with van der Waals surface area (Å²) in [5.74, 6) is 0.840. The van der Waals surface area contributed by atoms with Crippen LogP contribution >= 0.6 is 43.6 Å². The van der Waals surface area contributed by atoms with E-state index in [0.29, 0.717) is 29.6 Å². The number of hydrogen-bond acceptors (Lipinski definition) is 5. The van der Waals surface area contributed by atoms with Crippen molar-refractivity contribution in [1.29, 1.82) is 0 Å². The summed E-state index contributed by atoms with van der Waals surface area (Å²) in [6.07, 6.45) is 1.72. The monoisotopic (exact) mass is 651 g/mol. The van der Waals surface area contributed by atoms with Gasteiger partial charge in [-0.05, 0) is 76.5 Å². The third-order valence-corrected chi connectivity index (χ3v) is 8.16. The van der Waals surface area contributed by atoms with Gasteiger partial charge in [-0.1, -0.05) is 86.5 Å². The Labute approximate surface area is 242 Å². The third kappa shape index (κ3) is 5.82. The molecular formula is C30H23Br2NO4S. The number of rotatable bonds is 8. The Morgan fingerprint density at radius 2 is 1.63 bits per heavy atom. The van der Waals surface area contributed by atoms with Crippen LogP contribution in [0.1, 0.15) is 23.6 Å². The van der Waals surface area contributed by atoms with Crippen LogP contribution in [0.15, 0.2) is 92.7 Å². The van der Waals surface area contributed by atoms with E-state index in [4.69, 9.17) is 9.47 Å². The molecule has 0 aliphatic carbocycles. The van der Waals surface area contributed by atoms with Crippen LogP contribution in [0.3, 0.4) is 0 Å². The lowest BCUT2D eigenvalue weighted by Crippen LogP contribution is -2.27. The lowest BCUT2D eigenvalue weighted by atomic mass is 10.1. The van der Waals surface area contributed by atoms with Crippen molar-refractivity contribution in [3.05, 3.63) is 109 Å². The topological polar surface area (TPSA) is 55.8 Å². The molecule has 1 aliphatic heterocycles. The van der Waals surface area contributed by atoms with E-state index >= 15 is 0 Å². The van der Waals surface area contributed by atoms with Crippen LogP contribution in [0.5, 0.6) is 11.5 Å². The molecule has 2 amide bonds. The van der Waals surface area contributed by atoms with Gasteiger partial charge in [0.1, 0.15) is 6.61 Å². The molecule has 5 nitrogen and oxygen atoms in total. The third-order valence-electron chi connectivity index (χ3n) is 6.04. The number of carbonyl (C=O) groups is 2. The molecule has 8 heteroatoms. The zero-order chi connectivity index (χ0) is 26.6. The highest BCUT2D eigenvalue weighted by Crippen LogP contribution is 2.39. The van der Waals surface area contributed by atoms with Gasteiger partial charge < -0.3 is 9.47 Å². The van der Waals surface area contributed by atoms with E-state index in [1.54, 1.807) is 6.08 Å². The van der Waals surface area contributed by atoms with Crippen LogP contribution in [0.4, 0.5) is 4.79 Å². The molecule has 4 aromatic rings. The average molecular weight is 653 g/mol. The van der Waals surface area contributed by atoms with Crippen molar-refractivity contribution >= 4 is 71.6 Å². The lowest BCUT2D eigenvalue weighted by molar-refractivity contribution is -0.123. The van der Waals surface area contributed by atoms with E-state index in [1.807, 2.05) is 61.5 Å². The molecule has 0 bridgehead atoms. The van der Waals surface area contributed by atoms with Gasteiger partial charge in [-0.2, -0.15) is 0 Å². The van der Waals surface area contributed by atoms with Gasteiger partial charge >= 0.3 is 0 Å². The number of fused-ring (bicyclic) bond motifs is 1. The number of imide groups is 1. The summed E-state index contributed by atoms with van der Waals surface area (Å²) in [6.45, 7) is 2.96. The highest BCUT2D eigenvalue weighted by Gasteiger charge is 2.35. The quantitative estimate of drug-likeness (QED) is 0.179. The fourth-order valence-corrected chi connectivity index (χ4v) is 5.70. The van der Waals surface area contributed by atoms with Crippen LogP contribution in [-0.2, 0) is 17.9 Å². The Kier molecular flexibility index (Phi) is 8.21. The molecule has 38 heavy (non-hydrogen) atoms. The molecular weight excluding hydrogens is 630 g/mol. The second kappa shape index (κ2) is 11.8. The Balaban J connectivity index is 1.38. The Bertz CT molecular complexity index is 1550. The first-order chi connectivity index (χ1) is 18.4. The first-order valence-electron chi connectivity index (χ1n) is 12.0. The van der Waals surface area contributed by atoms with Crippen LogP contribution in [0, 0.1) is 0 Å². The number of amides is 2. The van der Waals surface area contributed by atoms with E-state index in [-0.39, 0.29) is 17.7 Å². The van der Waals surface area contributed by atoms with Gasteiger partial charge in [-0.15, -0.1) is 0 Å². The SMILES string of the molecule is CCOc1cc(/C=C2\SC(=O)N(Cc3ccc(Br)cc3)C2=O)c(Br)cc1OCc1cccc2ccccc12. The summed E-state index contributed by atoms with van der Waals surface area (Å²) in [6, 6.07) is 25.6. The number of ether oxygens (including phenoxy) is 2. The van der Waals surface area contributed by atoms with Crippen molar-refractivity contribution in [2.24, 2.45) is 0 Å². The first-order valence-corrected chi connectivity index (χ1v) is 14.4. The molecule has 0 saturated carbocycles. The summed E-state index contributed by atoms with van der Waals surface area (Å²) in [4.78, 5) is 27.3. The van der Waals surface area contributed by atoms with E-state index in [1.165, 1.54) is 4.90 Å². The Morgan fingerprint density at radius 3 is 2.42 bits per heavy atom. The first kappa shape index (κ1) is 26.5. The van der Waals surface area contributed by atoms with Crippen molar-refractivity contribution < 1.29 is 19.1 Å². The normalized spacial score (nSPS) is 14.5. The number of carbonyl (C=O) groups excluding carboxylic acids is 2. The Morgan fingerprint density at radius 1 is 0.895 bits per heavy atom. The minimum atomic E-state index is -0.316. The van der Waals surface area contributed by atoms with Crippen LogP contribution < -0.4 is 9.47 Å². The smallest absolute Gasteiger partial charge is 0.293 e. The zero-order valence-corrected chi connectivity index (χ0v) is 24.4. The van der Waals surface area contributed by atoms with Gasteiger partial charge in [0.25, 0.3) is 11.1 Å². The van der Waals surface area contributed by atoms with Crippen molar-refractivity contribution in [3.63, 3.8) is 0 Å². The molecule has 0 atom stereocenters. The second-order valence-corrected chi connectivity index (χ2v) is 11.3. The maximum atomic E-state index is 13.1. The molecule has 0 aromatic heterocycles. The van der Waals surface area contributed by atoms with E-state index in [9.17, 15) is 9.59 Å². The van der Waals surface area contributed by atoms with Gasteiger partial charge in [0.15, 0.2) is 11.5 Å². The fraction of sp³-hybridized carbons (Fsp3) is 0.133. The lowest BCUT2D eigenvalue weighted by Gasteiger charge is -2.15. The second-order valence-electron chi connectivity index (χ2n) is 8.57. The number of nitrogens with zero attached hydrogens (tertiary/aromatic N) is 1. The predicted octanol–water partition coefficient (Wildman–Crippen LogP) is 8.58. The van der Waals surface area contributed by atoms with Gasteiger partial charge in [-0.3, -0.25) is 14.5 Å². The van der Waals surface area contributed by atoms with E-state index in [0.717, 1.165) is 48.2 Å².